The topological polar surface area (TPSA) is 75.6 Å². The molecule has 3 aromatic heterocycles. The summed E-state index contributed by atoms with van der Waals surface area (Å²) >= 11 is 1.66. The molecule has 2 N–H and O–H groups in total. The molecule has 0 fully saturated rings. The van der Waals surface area contributed by atoms with Crippen LogP contribution in [0.25, 0.3) is 10.6 Å². The van der Waals surface area contributed by atoms with Crippen molar-refractivity contribution in [2.75, 3.05) is 5.32 Å². The van der Waals surface area contributed by atoms with Gasteiger partial charge in [0, 0.05) is 30.9 Å². The molecule has 118 valence electrons. The number of carbonyl (C=O) groups excluding carboxylic acids is 1. The van der Waals surface area contributed by atoms with E-state index < -0.39 is 0 Å². The number of hydrogen-bond acceptors (Lipinski definition) is 4. The van der Waals surface area contributed by atoms with Crippen molar-refractivity contribution < 1.29 is 4.79 Å². The van der Waals surface area contributed by atoms with Crippen LogP contribution in [0, 0.1) is 0 Å². The van der Waals surface area contributed by atoms with E-state index in [9.17, 15) is 4.79 Å². The minimum absolute atomic E-state index is 0.0159. The first-order valence-corrected chi connectivity index (χ1v) is 8.59. The van der Waals surface area contributed by atoms with Gasteiger partial charge in [-0.25, -0.2) is 4.98 Å². The minimum atomic E-state index is -0.0730. The molecule has 1 amide bonds. The Morgan fingerprint density at radius 1 is 1.48 bits per heavy atom. The highest BCUT2D eigenvalue weighted by molar-refractivity contribution is 7.13. The van der Waals surface area contributed by atoms with Gasteiger partial charge in [0.15, 0.2) is 5.82 Å². The predicted octanol–water partition coefficient (Wildman–Crippen LogP) is 3.22. The number of aromatic amines is 1. The maximum atomic E-state index is 12.1. The molecule has 0 aromatic carbocycles. The van der Waals surface area contributed by atoms with Crippen molar-refractivity contribution in [2.24, 2.45) is 0 Å². The third-order valence-corrected chi connectivity index (χ3v) is 4.98. The molecule has 23 heavy (non-hydrogen) atoms. The summed E-state index contributed by atoms with van der Waals surface area (Å²) in [6, 6.07) is 4.08. The van der Waals surface area contributed by atoms with Gasteiger partial charge >= 0.3 is 0 Å². The third kappa shape index (κ3) is 2.37. The molecule has 1 aliphatic rings. The Labute approximate surface area is 137 Å². The summed E-state index contributed by atoms with van der Waals surface area (Å²) < 4.78 is 2.14. The zero-order chi connectivity index (χ0) is 15.8. The van der Waals surface area contributed by atoms with Crippen molar-refractivity contribution in [3.05, 3.63) is 41.3 Å². The van der Waals surface area contributed by atoms with Gasteiger partial charge in [0.05, 0.1) is 16.5 Å². The molecular weight excluding hydrogens is 310 g/mol. The van der Waals surface area contributed by atoms with Gasteiger partial charge in [0.1, 0.15) is 5.82 Å². The van der Waals surface area contributed by atoms with Crippen molar-refractivity contribution in [1.82, 2.24) is 19.7 Å². The van der Waals surface area contributed by atoms with E-state index >= 15 is 0 Å². The minimum Gasteiger partial charge on any atom is -0.334 e. The maximum absolute atomic E-state index is 12.1. The highest BCUT2D eigenvalue weighted by atomic mass is 32.1. The molecule has 4 rings (SSSR count). The number of nitrogens with one attached hydrogen (secondary N) is 2. The summed E-state index contributed by atoms with van der Waals surface area (Å²) in [5.74, 6) is 1.47. The number of fused-ring (bicyclic) bond motifs is 1. The Morgan fingerprint density at radius 2 is 2.39 bits per heavy atom. The van der Waals surface area contributed by atoms with Gasteiger partial charge in [-0.05, 0) is 17.9 Å². The van der Waals surface area contributed by atoms with Gasteiger partial charge in [-0.3, -0.25) is 9.89 Å². The number of carbonyl (C=O) groups is 1. The van der Waals surface area contributed by atoms with Crippen LogP contribution in [-0.4, -0.2) is 25.7 Å². The molecule has 1 atom stereocenters. The number of amides is 1. The van der Waals surface area contributed by atoms with Gasteiger partial charge < -0.3 is 9.88 Å². The molecule has 0 bridgehead atoms. The zero-order valence-corrected chi connectivity index (χ0v) is 13.6. The van der Waals surface area contributed by atoms with Gasteiger partial charge in [-0.15, -0.1) is 11.3 Å². The Bertz CT molecular complexity index is 833. The summed E-state index contributed by atoms with van der Waals surface area (Å²) in [7, 11) is 0. The first kappa shape index (κ1) is 14.2. The van der Waals surface area contributed by atoms with Gasteiger partial charge in [0.2, 0.25) is 5.91 Å². The van der Waals surface area contributed by atoms with Crippen LogP contribution in [0.5, 0.6) is 0 Å². The molecular formula is C16H17N5OS. The van der Waals surface area contributed by atoms with Crippen LogP contribution in [-0.2, 0) is 11.3 Å². The summed E-state index contributed by atoms with van der Waals surface area (Å²) in [6.45, 7) is 3.03. The number of rotatable bonds is 4. The van der Waals surface area contributed by atoms with Crippen LogP contribution < -0.4 is 5.32 Å². The van der Waals surface area contributed by atoms with E-state index in [-0.39, 0.29) is 11.8 Å². The lowest BCUT2D eigenvalue weighted by Gasteiger charge is -2.23. The molecule has 0 spiro atoms. The fourth-order valence-corrected chi connectivity index (χ4v) is 3.88. The number of anilines is 1. The molecule has 6 nitrogen and oxygen atoms in total. The number of aryl methyl sites for hydroxylation is 1. The smallest absolute Gasteiger partial charge is 0.226 e. The normalized spacial score (nSPS) is 17.1. The number of hydrogen-bond donors (Lipinski definition) is 2. The summed E-state index contributed by atoms with van der Waals surface area (Å²) in [4.78, 5) is 17.8. The predicted molar refractivity (Wildman–Crippen MR) is 89.5 cm³/mol. The molecule has 7 heteroatoms. The number of H-pyrrole nitrogens is 1. The van der Waals surface area contributed by atoms with Crippen molar-refractivity contribution >= 4 is 23.1 Å². The molecule has 0 aliphatic carbocycles. The monoisotopic (exact) mass is 327 g/mol. The fourth-order valence-electron chi connectivity index (χ4n) is 3.15. The first-order chi connectivity index (χ1) is 11.3. The molecule has 0 saturated heterocycles. The van der Waals surface area contributed by atoms with Gasteiger partial charge in [0.25, 0.3) is 0 Å². The largest absolute Gasteiger partial charge is 0.334 e. The van der Waals surface area contributed by atoms with E-state index in [0.717, 1.165) is 34.9 Å². The number of imidazole rings is 1. The highest BCUT2D eigenvalue weighted by Gasteiger charge is 2.34. The van der Waals surface area contributed by atoms with E-state index in [1.165, 1.54) is 0 Å². The van der Waals surface area contributed by atoms with Crippen molar-refractivity contribution in [3.8, 4) is 10.6 Å². The lowest BCUT2D eigenvalue weighted by molar-refractivity contribution is -0.116. The average Bonchev–Trinajstić information content (AvgIpc) is 3.26. The molecule has 4 heterocycles. The van der Waals surface area contributed by atoms with Crippen molar-refractivity contribution in [2.45, 2.75) is 32.2 Å². The first-order valence-electron chi connectivity index (χ1n) is 7.71. The van der Waals surface area contributed by atoms with Crippen LogP contribution in [0.3, 0.4) is 0 Å². The average molecular weight is 327 g/mol. The van der Waals surface area contributed by atoms with Gasteiger partial charge in [-0.2, -0.15) is 5.10 Å². The summed E-state index contributed by atoms with van der Waals surface area (Å²) in [5, 5.41) is 12.3. The zero-order valence-electron chi connectivity index (χ0n) is 12.7. The second-order valence-corrected chi connectivity index (χ2v) is 6.57. The second kappa shape index (κ2) is 5.66. The second-order valence-electron chi connectivity index (χ2n) is 5.62. The quantitative estimate of drug-likeness (QED) is 0.772. The fraction of sp³-hybridized carbons (Fsp3) is 0.312. The van der Waals surface area contributed by atoms with Crippen LogP contribution in [0.4, 0.5) is 5.82 Å². The number of thiophene rings is 1. The number of nitrogens with zero attached hydrogens (tertiary/aromatic N) is 3. The maximum Gasteiger partial charge on any atom is 0.226 e. The Balaban J connectivity index is 1.85. The summed E-state index contributed by atoms with van der Waals surface area (Å²) in [5.41, 5.74) is 2.02. The number of aromatic nitrogens is 4. The van der Waals surface area contributed by atoms with Gasteiger partial charge in [-0.1, -0.05) is 13.0 Å². The SMILES string of the molecule is CCCn1ccnc1C1CC(=O)Nc2n[nH]c(-c3cccs3)c21. The van der Waals surface area contributed by atoms with Crippen LogP contribution in [0.15, 0.2) is 29.9 Å². The lowest BCUT2D eigenvalue weighted by Crippen LogP contribution is -2.25. The molecule has 0 radical (unpaired) electrons. The van der Waals surface area contributed by atoms with E-state index in [1.807, 2.05) is 23.8 Å². The molecule has 1 aliphatic heterocycles. The van der Waals surface area contributed by atoms with Crippen LogP contribution >= 0.6 is 11.3 Å². The van der Waals surface area contributed by atoms with Crippen molar-refractivity contribution in [1.29, 1.82) is 0 Å². The Hall–Kier alpha value is -2.41. The van der Waals surface area contributed by atoms with Crippen LogP contribution in [0.1, 0.15) is 37.1 Å². The Morgan fingerprint density at radius 3 is 3.17 bits per heavy atom. The van der Waals surface area contributed by atoms with Crippen LogP contribution in [0.2, 0.25) is 0 Å². The summed E-state index contributed by atoms with van der Waals surface area (Å²) in [6.07, 6.45) is 5.21. The molecule has 3 aromatic rings. The standard InChI is InChI=1S/C16H17N5OS/c1-2-6-21-7-5-17-16(21)10-9-12(22)18-15-13(10)14(19-20-15)11-4-3-8-23-11/h3-5,7-8,10H,2,6,9H2,1H3,(H2,18,19,20,22). The molecule has 0 saturated carbocycles. The third-order valence-electron chi connectivity index (χ3n) is 4.09. The lowest BCUT2D eigenvalue weighted by atomic mass is 9.90. The highest BCUT2D eigenvalue weighted by Crippen LogP contribution is 2.42. The molecule has 1 unspecified atom stereocenters. The van der Waals surface area contributed by atoms with Crippen molar-refractivity contribution in [3.63, 3.8) is 0 Å². The van der Waals surface area contributed by atoms with E-state index in [1.54, 1.807) is 11.3 Å². The van der Waals surface area contributed by atoms with E-state index in [2.05, 4.69) is 38.1 Å². The Kier molecular flexibility index (Phi) is 3.49. The van der Waals surface area contributed by atoms with E-state index in [4.69, 9.17) is 0 Å². The van der Waals surface area contributed by atoms with E-state index in [0.29, 0.717) is 12.2 Å².